The molecule has 0 saturated carbocycles. The number of nitrogens with zero attached hydrogens (tertiary/aromatic N) is 3. The zero-order chi connectivity index (χ0) is 23.8. The molecule has 3 aromatic rings. The molecule has 0 spiro atoms. The molecular weight excluding hydrogens is 448 g/mol. The summed E-state index contributed by atoms with van der Waals surface area (Å²) in [6, 6.07) is 17.4. The first-order valence-electron chi connectivity index (χ1n) is 11.3. The van der Waals surface area contributed by atoms with Crippen molar-refractivity contribution in [2.24, 2.45) is 5.92 Å². The summed E-state index contributed by atoms with van der Waals surface area (Å²) < 4.78 is 4.79. The van der Waals surface area contributed by atoms with Gasteiger partial charge in [-0.15, -0.1) is 0 Å². The maximum Gasteiger partial charge on any atom is 0.339 e. The fraction of sp³-hybridized carbons (Fsp3) is 0.308. The quantitative estimate of drug-likeness (QED) is 0.380. The van der Waals surface area contributed by atoms with Gasteiger partial charge < -0.3 is 15.0 Å². The molecule has 2 heterocycles. The van der Waals surface area contributed by atoms with E-state index in [4.69, 9.17) is 4.74 Å². The number of hydrogen-bond acceptors (Lipinski definition) is 7. The summed E-state index contributed by atoms with van der Waals surface area (Å²) in [5, 5.41) is 3.54. The van der Waals surface area contributed by atoms with Crippen molar-refractivity contribution >= 4 is 35.1 Å². The second-order valence-corrected chi connectivity index (χ2v) is 9.14. The Morgan fingerprint density at radius 1 is 1.03 bits per heavy atom. The van der Waals surface area contributed by atoms with Crippen LogP contribution in [0.2, 0.25) is 0 Å². The van der Waals surface area contributed by atoms with Crippen LogP contribution in [-0.4, -0.2) is 47.8 Å². The fourth-order valence-electron chi connectivity index (χ4n) is 4.13. The third-order valence-electron chi connectivity index (χ3n) is 5.87. The monoisotopic (exact) mass is 476 g/mol. The first kappa shape index (κ1) is 23.8. The van der Waals surface area contributed by atoms with Crippen molar-refractivity contribution in [3.8, 4) is 0 Å². The van der Waals surface area contributed by atoms with E-state index in [-0.39, 0.29) is 11.7 Å². The molecule has 8 heteroatoms. The molecular formula is C26H28N4O3S. The van der Waals surface area contributed by atoms with Crippen molar-refractivity contribution in [2.75, 3.05) is 36.2 Å². The molecule has 4 rings (SSSR count). The molecule has 1 N–H and O–H groups in total. The molecule has 176 valence electrons. The number of carbonyl (C=O) groups excluding carboxylic acids is 2. The van der Waals surface area contributed by atoms with Gasteiger partial charge in [0.2, 0.25) is 5.91 Å². The van der Waals surface area contributed by atoms with E-state index in [1.807, 2.05) is 0 Å². The van der Waals surface area contributed by atoms with Gasteiger partial charge in [-0.1, -0.05) is 54.2 Å². The van der Waals surface area contributed by atoms with Gasteiger partial charge in [-0.2, -0.15) is 0 Å². The predicted octanol–water partition coefficient (Wildman–Crippen LogP) is 4.45. The lowest BCUT2D eigenvalue weighted by Crippen LogP contribution is -2.35. The molecule has 0 aliphatic carbocycles. The van der Waals surface area contributed by atoms with Crippen molar-refractivity contribution in [1.29, 1.82) is 0 Å². The number of ether oxygens (including phenoxy) is 1. The van der Waals surface area contributed by atoms with Crippen LogP contribution in [0.25, 0.3) is 0 Å². The molecule has 1 fully saturated rings. The van der Waals surface area contributed by atoms with Crippen molar-refractivity contribution in [1.82, 2.24) is 9.97 Å². The van der Waals surface area contributed by atoms with Crippen LogP contribution >= 0.6 is 11.8 Å². The average molecular weight is 477 g/mol. The van der Waals surface area contributed by atoms with Gasteiger partial charge in [-0.3, -0.25) is 4.79 Å². The minimum atomic E-state index is -0.490. The summed E-state index contributed by atoms with van der Waals surface area (Å²) in [6.07, 6.45) is 6.64. The van der Waals surface area contributed by atoms with E-state index < -0.39 is 5.97 Å². The largest absolute Gasteiger partial charge is 0.465 e. The Labute approximate surface area is 203 Å². The van der Waals surface area contributed by atoms with E-state index in [9.17, 15) is 9.59 Å². The van der Waals surface area contributed by atoms with Crippen LogP contribution in [0.3, 0.4) is 0 Å². The molecule has 1 aromatic heterocycles. The summed E-state index contributed by atoms with van der Waals surface area (Å²) in [5.74, 6) is 0.932. The number of carbonyl (C=O) groups is 2. The number of rotatable bonds is 8. The number of hydrogen-bond donors (Lipinski definition) is 1. The van der Waals surface area contributed by atoms with Crippen LogP contribution in [0.4, 0.5) is 11.5 Å². The molecule has 0 unspecified atom stereocenters. The van der Waals surface area contributed by atoms with E-state index in [1.165, 1.54) is 24.4 Å². The lowest BCUT2D eigenvalue weighted by atomic mass is 9.90. The van der Waals surface area contributed by atoms with Gasteiger partial charge >= 0.3 is 5.97 Å². The molecule has 0 bridgehead atoms. The normalized spacial score (nSPS) is 14.0. The number of piperidine rings is 1. The van der Waals surface area contributed by atoms with Gasteiger partial charge in [0.05, 0.1) is 24.1 Å². The molecule has 0 radical (unpaired) electrons. The number of aromatic nitrogens is 2. The highest BCUT2D eigenvalue weighted by Crippen LogP contribution is 2.30. The fourth-order valence-corrected chi connectivity index (χ4v) is 4.92. The third kappa shape index (κ3) is 6.14. The van der Waals surface area contributed by atoms with E-state index in [2.05, 4.69) is 50.5 Å². The van der Waals surface area contributed by atoms with Crippen molar-refractivity contribution < 1.29 is 14.3 Å². The lowest BCUT2D eigenvalue weighted by Gasteiger charge is -2.33. The van der Waals surface area contributed by atoms with E-state index >= 15 is 0 Å². The van der Waals surface area contributed by atoms with Gasteiger partial charge in [0.1, 0.15) is 5.03 Å². The summed E-state index contributed by atoms with van der Waals surface area (Å²) in [7, 11) is 1.32. The Balaban J connectivity index is 1.34. The number of benzene rings is 2. The molecule has 0 atom stereocenters. The number of esters is 1. The Morgan fingerprint density at radius 3 is 2.50 bits per heavy atom. The van der Waals surface area contributed by atoms with Crippen LogP contribution in [0.5, 0.6) is 0 Å². The number of anilines is 2. The molecule has 1 saturated heterocycles. The van der Waals surface area contributed by atoms with Crippen molar-refractivity contribution in [2.45, 2.75) is 24.3 Å². The summed E-state index contributed by atoms with van der Waals surface area (Å²) in [4.78, 5) is 35.9. The highest BCUT2D eigenvalue weighted by molar-refractivity contribution is 8.00. The van der Waals surface area contributed by atoms with Crippen LogP contribution in [-0.2, 0) is 16.0 Å². The van der Waals surface area contributed by atoms with Gasteiger partial charge in [-0.25, -0.2) is 14.8 Å². The second-order valence-electron chi connectivity index (χ2n) is 8.18. The molecule has 1 aliphatic heterocycles. The van der Waals surface area contributed by atoms with Gasteiger partial charge in [0, 0.05) is 25.5 Å². The SMILES string of the molecule is COC(=O)c1ccccc1NC(=O)CSc1nccnc1N1CCC(Cc2ccccc2)CC1. The van der Waals surface area contributed by atoms with Gasteiger partial charge in [0.25, 0.3) is 0 Å². The lowest BCUT2D eigenvalue weighted by molar-refractivity contribution is -0.113. The smallest absolute Gasteiger partial charge is 0.339 e. The van der Waals surface area contributed by atoms with Crippen LogP contribution in [0, 0.1) is 5.92 Å². The molecule has 1 amide bonds. The Morgan fingerprint density at radius 2 is 1.74 bits per heavy atom. The standard InChI is InChI=1S/C26H28N4O3S/c1-33-26(32)21-9-5-6-10-22(21)29-23(31)18-34-25-24(27-13-14-28-25)30-15-11-20(12-16-30)17-19-7-3-2-4-8-19/h2-10,13-14,20H,11-12,15-18H2,1H3,(H,29,31). The number of nitrogens with one attached hydrogen (secondary N) is 1. The average Bonchev–Trinajstić information content (AvgIpc) is 2.88. The second kappa shape index (κ2) is 11.7. The van der Waals surface area contributed by atoms with Crippen LogP contribution in [0.1, 0.15) is 28.8 Å². The first-order chi connectivity index (χ1) is 16.6. The minimum Gasteiger partial charge on any atom is -0.465 e. The van der Waals surface area contributed by atoms with E-state index in [0.29, 0.717) is 17.2 Å². The Hall–Kier alpha value is -3.39. The topological polar surface area (TPSA) is 84.4 Å². The van der Waals surface area contributed by atoms with E-state index in [0.717, 1.165) is 43.2 Å². The van der Waals surface area contributed by atoms with Gasteiger partial charge in [0.15, 0.2) is 5.82 Å². The maximum atomic E-state index is 12.6. The molecule has 2 aromatic carbocycles. The number of methoxy groups -OCH3 is 1. The van der Waals surface area contributed by atoms with Crippen LogP contribution < -0.4 is 10.2 Å². The molecule has 34 heavy (non-hydrogen) atoms. The Bertz CT molecular complexity index is 1120. The molecule has 1 aliphatic rings. The first-order valence-corrected chi connectivity index (χ1v) is 12.3. The number of amides is 1. The van der Waals surface area contributed by atoms with Crippen molar-refractivity contribution in [3.05, 3.63) is 78.1 Å². The third-order valence-corrected chi connectivity index (χ3v) is 6.84. The summed E-state index contributed by atoms with van der Waals surface area (Å²) in [5.41, 5.74) is 2.14. The molecule has 7 nitrogen and oxygen atoms in total. The summed E-state index contributed by atoms with van der Waals surface area (Å²) in [6.45, 7) is 1.84. The van der Waals surface area contributed by atoms with Crippen LogP contribution in [0.15, 0.2) is 72.0 Å². The predicted molar refractivity (Wildman–Crippen MR) is 134 cm³/mol. The van der Waals surface area contributed by atoms with E-state index in [1.54, 1.807) is 36.7 Å². The zero-order valence-electron chi connectivity index (χ0n) is 19.1. The number of thioether (sulfide) groups is 1. The summed E-state index contributed by atoms with van der Waals surface area (Å²) >= 11 is 1.35. The Kier molecular flexibility index (Phi) is 8.14. The highest BCUT2D eigenvalue weighted by atomic mass is 32.2. The number of para-hydroxylation sites is 1. The zero-order valence-corrected chi connectivity index (χ0v) is 20.0. The minimum absolute atomic E-state index is 0.158. The highest BCUT2D eigenvalue weighted by Gasteiger charge is 2.23. The van der Waals surface area contributed by atoms with Gasteiger partial charge in [-0.05, 0) is 42.9 Å². The van der Waals surface area contributed by atoms with Crippen molar-refractivity contribution in [3.63, 3.8) is 0 Å². The maximum absolute atomic E-state index is 12.6.